The van der Waals surface area contributed by atoms with Gasteiger partial charge in [-0.1, -0.05) is 6.07 Å². The summed E-state index contributed by atoms with van der Waals surface area (Å²) in [7, 11) is 1.27. The predicted octanol–water partition coefficient (Wildman–Crippen LogP) is 7.59. The molecular weight excluding hydrogens is 670 g/mol. The van der Waals surface area contributed by atoms with Gasteiger partial charge in [0.25, 0.3) is 11.8 Å². The van der Waals surface area contributed by atoms with E-state index in [2.05, 4.69) is 15.6 Å². The van der Waals surface area contributed by atoms with E-state index >= 15 is 0 Å². The minimum Gasteiger partial charge on any atom is -0.480 e. The molecule has 0 fully saturated rings. The molecule has 6 nitrogen and oxygen atoms in total. The highest BCUT2D eigenvalue weighted by Gasteiger charge is 2.35. The third-order valence-corrected chi connectivity index (χ3v) is 6.99. The molecule has 2 heterocycles. The maximum atomic E-state index is 13.7. The van der Waals surface area contributed by atoms with Gasteiger partial charge in [-0.15, -0.1) is 11.3 Å². The Hall–Kier alpha value is -3.47. The summed E-state index contributed by atoms with van der Waals surface area (Å²) in [6.45, 7) is 0. The van der Waals surface area contributed by atoms with Crippen LogP contribution in [0.1, 0.15) is 31.2 Å². The first-order chi connectivity index (χ1) is 18.2. The Morgan fingerprint density at radius 2 is 1.67 bits per heavy atom. The highest BCUT2D eigenvalue weighted by molar-refractivity contribution is 14.1. The van der Waals surface area contributed by atoms with Crippen molar-refractivity contribution in [3.8, 4) is 5.88 Å². The van der Waals surface area contributed by atoms with Crippen LogP contribution in [0.15, 0.2) is 48.7 Å². The zero-order valence-electron chi connectivity index (χ0n) is 19.2. The molecule has 0 atom stereocenters. The zero-order chi connectivity index (χ0) is 28.7. The monoisotopic (exact) mass is 683 g/mol. The van der Waals surface area contributed by atoms with Gasteiger partial charge in [0.1, 0.15) is 16.3 Å². The first-order valence-corrected chi connectivity index (χ1v) is 12.4. The topological polar surface area (TPSA) is 80.3 Å². The third kappa shape index (κ3) is 6.08. The fourth-order valence-electron chi connectivity index (χ4n) is 3.50. The summed E-state index contributed by atoms with van der Waals surface area (Å²) < 4.78 is 98.5. The molecule has 204 valence electrons. The Kier molecular flexibility index (Phi) is 7.75. The lowest BCUT2D eigenvalue weighted by atomic mass is 10.1. The first kappa shape index (κ1) is 28.5. The van der Waals surface area contributed by atoms with Crippen LogP contribution in [-0.4, -0.2) is 23.9 Å². The van der Waals surface area contributed by atoms with Crippen molar-refractivity contribution < 1.29 is 45.1 Å². The number of thiophene rings is 1. The highest BCUT2D eigenvalue weighted by atomic mass is 127. The number of rotatable bonds is 5. The smallest absolute Gasteiger partial charge is 0.419 e. The molecule has 2 N–H and O–H groups in total. The van der Waals surface area contributed by atoms with Crippen molar-refractivity contribution in [3.05, 3.63) is 79.6 Å². The minimum absolute atomic E-state index is 0.0342. The SMILES string of the molecule is COc1ncc(I)cc1C(=O)Nc1c(C(=O)Nc2ccc(F)c(C(F)(F)F)c2)sc2cc(C(F)(F)F)ccc12. The van der Waals surface area contributed by atoms with Gasteiger partial charge in [0.15, 0.2) is 0 Å². The summed E-state index contributed by atoms with van der Waals surface area (Å²) in [5.41, 5.74) is -3.31. The number of hydrogen-bond acceptors (Lipinski definition) is 5. The van der Waals surface area contributed by atoms with E-state index in [0.29, 0.717) is 27.0 Å². The molecule has 4 rings (SSSR count). The van der Waals surface area contributed by atoms with Crippen LogP contribution in [0, 0.1) is 9.39 Å². The molecule has 0 bridgehead atoms. The second kappa shape index (κ2) is 10.6. The number of amides is 2. The number of pyridine rings is 1. The fraction of sp³-hybridized carbons (Fsp3) is 0.125. The van der Waals surface area contributed by atoms with Crippen LogP contribution in [0.4, 0.5) is 42.1 Å². The average molecular weight is 683 g/mol. The van der Waals surface area contributed by atoms with Gasteiger partial charge >= 0.3 is 12.4 Å². The van der Waals surface area contributed by atoms with Crippen molar-refractivity contribution in [3.63, 3.8) is 0 Å². The number of ether oxygens (including phenoxy) is 1. The summed E-state index contributed by atoms with van der Waals surface area (Å²) in [6, 6.07) is 5.80. The largest absolute Gasteiger partial charge is 0.480 e. The number of carbonyl (C=O) groups excluding carboxylic acids is 2. The van der Waals surface area contributed by atoms with Crippen LogP contribution in [0.5, 0.6) is 5.88 Å². The van der Waals surface area contributed by atoms with E-state index in [9.17, 15) is 40.3 Å². The van der Waals surface area contributed by atoms with Crippen molar-refractivity contribution in [1.82, 2.24) is 4.98 Å². The summed E-state index contributed by atoms with van der Waals surface area (Å²) in [6.07, 6.45) is -8.33. The molecule has 0 aliphatic rings. The van der Waals surface area contributed by atoms with Gasteiger partial charge < -0.3 is 15.4 Å². The van der Waals surface area contributed by atoms with Gasteiger partial charge in [-0.2, -0.15) is 26.3 Å². The van der Waals surface area contributed by atoms with E-state index in [1.807, 2.05) is 22.6 Å². The normalized spacial score (nSPS) is 11.9. The summed E-state index contributed by atoms with van der Waals surface area (Å²) >= 11 is 2.47. The number of methoxy groups -OCH3 is 1. The number of fused-ring (bicyclic) bond motifs is 1. The Morgan fingerprint density at radius 3 is 2.31 bits per heavy atom. The molecular formula is C24H13F7IN3O3S. The summed E-state index contributed by atoms with van der Waals surface area (Å²) in [5.74, 6) is -3.49. The van der Waals surface area contributed by atoms with Gasteiger partial charge in [-0.3, -0.25) is 9.59 Å². The number of nitrogens with zero attached hydrogens (tertiary/aromatic N) is 1. The molecule has 4 aromatic rings. The van der Waals surface area contributed by atoms with E-state index in [4.69, 9.17) is 4.74 Å². The van der Waals surface area contributed by atoms with E-state index in [0.717, 1.165) is 24.3 Å². The number of anilines is 2. The number of nitrogens with one attached hydrogen (secondary N) is 2. The van der Waals surface area contributed by atoms with Crippen LogP contribution in [-0.2, 0) is 12.4 Å². The van der Waals surface area contributed by atoms with E-state index in [-0.39, 0.29) is 32.1 Å². The van der Waals surface area contributed by atoms with Gasteiger partial charge in [-0.05, 0) is 59.0 Å². The first-order valence-electron chi connectivity index (χ1n) is 10.5. The maximum Gasteiger partial charge on any atom is 0.419 e. The molecule has 0 aliphatic heterocycles. The maximum absolute atomic E-state index is 13.7. The molecule has 0 aliphatic carbocycles. The second-order valence-corrected chi connectivity index (χ2v) is 10.1. The van der Waals surface area contributed by atoms with Crippen molar-refractivity contribution in [2.75, 3.05) is 17.7 Å². The summed E-state index contributed by atoms with van der Waals surface area (Å²) in [5, 5.41) is 4.74. The fourth-order valence-corrected chi connectivity index (χ4v) is 5.04. The lowest BCUT2D eigenvalue weighted by Gasteiger charge is -2.12. The summed E-state index contributed by atoms with van der Waals surface area (Å²) in [4.78, 5) is 29.9. The number of hydrogen-bond donors (Lipinski definition) is 2. The molecule has 2 amide bonds. The number of benzene rings is 2. The van der Waals surface area contributed by atoms with Gasteiger partial charge in [-0.25, -0.2) is 9.37 Å². The Labute approximate surface area is 232 Å². The van der Waals surface area contributed by atoms with Gasteiger partial charge in [0, 0.05) is 25.5 Å². The number of alkyl halides is 6. The molecule has 0 saturated heterocycles. The lowest BCUT2D eigenvalue weighted by Crippen LogP contribution is -2.18. The van der Waals surface area contributed by atoms with Crippen LogP contribution >= 0.6 is 33.9 Å². The van der Waals surface area contributed by atoms with Crippen molar-refractivity contribution in [2.24, 2.45) is 0 Å². The van der Waals surface area contributed by atoms with Crippen LogP contribution in [0.3, 0.4) is 0 Å². The number of carbonyl (C=O) groups is 2. The lowest BCUT2D eigenvalue weighted by molar-refractivity contribution is -0.140. The highest BCUT2D eigenvalue weighted by Crippen LogP contribution is 2.41. The minimum atomic E-state index is -5.05. The van der Waals surface area contributed by atoms with Crippen LogP contribution < -0.4 is 15.4 Å². The van der Waals surface area contributed by atoms with Gasteiger partial charge in [0.05, 0.1) is 23.9 Å². The van der Waals surface area contributed by atoms with Crippen LogP contribution in [0.2, 0.25) is 0 Å². The third-order valence-electron chi connectivity index (χ3n) is 5.25. The van der Waals surface area contributed by atoms with Crippen molar-refractivity contribution in [1.29, 1.82) is 0 Å². The molecule has 0 spiro atoms. The van der Waals surface area contributed by atoms with E-state index < -0.39 is 46.8 Å². The molecule has 39 heavy (non-hydrogen) atoms. The Bertz CT molecular complexity index is 1600. The molecule has 0 saturated carbocycles. The van der Waals surface area contributed by atoms with Crippen LogP contribution in [0.25, 0.3) is 10.1 Å². The molecule has 15 heteroatoms. The second-order valence-electron chi connectivity index (χ2n) is 7.83. The Balaban J connectivity index is 1.79. The van der Waals surface area contributed by atoms with Gasteiger partial charge in [0.2, 0.25) is 5.88 Å². The number of aromatic nitrogens is 1. The molecule has 0 unspecified atom stereocenters. The predicted molar refractivity (Wildman–Crippen MR) is 138 cm³/mol. The average Bonchev–Trinajstić information content (AvgIpc) is 3.21. The standard InChI is InChI=1S/C24H13F7IN3O3S/c1-38-22-14(7-11(32)9-33-22)20(36)35-18-13-4-2-10(23(26,27)28)6-17(13)39-19(18)21(37)34-12-3-5-16(25)15(8-12)24(29,30)31/h2-9H,1H3,(H,34,37)(H,35,36). The van der Waals surface area contributed by atoms with Crippen molar-refractivity contribution in [2.45, 2.75) is 12.4 Å². The molecule has 2 aromatic heterocycles. The van der Waals surface area contributed by atoms with E-state index in [1.54, 1.807) is 0 Å². The number of halogens is 8. The van der Waals surface area contributed by atoms with Crippen molar-refractivity contribution >= 4 is 67.2 Å². The molecule has 2 aromatic carbocycles. The van der Waals surface area contributed by atoms with E-state index in [1.165, 1.54) is 19.4 Å². The molecule has 0 radical (unpaired) electrons. The zero-order valence-corrected chi connectivity index (χ0v) is 22.2. The quantitative estimate of drug-likeness (QED) is 0.168. The Morgan fingerprint density at radius 1 is 0.949 bits per heavy atom.